The smallest absolute Gasteiger partial charge is 0.408 e. The van der Waals surface area contributed by atoms with E-state index in [-0.39, 0.29) is 50.3 Å². The number of benzene rings is 1. The Morgan fingerprint density at radius 2 is 1.84 bits per heavy atom. The molecule has 3 aliphatic carbocycles. The van der Waals surface area contributed by atoms with Crippen LogP contribution in [0.5, 0.6) is 11.6 Å². The van der Waals surface area contributed by atoms with Crippen molar-refractivity contribution in [1.82, 2.24) is 30.6 Å². The van der Waals surface area contributed by atoms with Crippen LogP contribution in [-0.4, -0.2) is 116 Å². The highest BCUT2D eigenvalue weighted by Crippen LogP contribution is 2.47. The highest BCUT2D eigenvalue weighted by Gasteiger charge is 2.62. The van der Waals surface area contributed by atoms with Gasteiger partial charge in [0.15, 0.2) is 0 Å². The van der Waals surface area contributed by atoms with Crippen molar-refractivity contribution in [3.05, 3.63) is 36.0 Å². The van der Waals surface area contributed by atoms with Crippen molar-refractivity contribution in [2.24, 2.45) is 11.8 Å². The summed E-state index contributed by atoms with van der Waals surface area (Å²) in [5, 5.41) is 9.24. The maximum Gasteiger partial charge on any atom is 0.408 e. The minimum Gasteiger partial charge on any atom is -0.496 e. The summed E-state index contributed by atoms with van der Waals surface area (Å²) in [4.78, 5) is 76.7. The summed E-state index contributed by atoms with van der Waals surface area (Å²) < 4.78 is 51.6. The molecular formula is C43H58N6O11S. The number of hydrogen-bond acceptors (Lipinski definition) is 12. The van der Waals surface area contributed by atoms with Crippen molar-refractivity contribution < 1.29 is 51.3 Å². The standard InChI is InChI=1S/C43H58N6O11S/c1-6-28-22-43(28,40(53)48-61(55,56)30-14-15-30)47-37(51)33-21-29-23-49(33)39(52)35(25-11-8-7-9-12-25)46-36(50)32(45-41(54)60-42(2,3)4)24-58-18-10-13-27-19-31-26(20-34(27)57-5)16-17-44-38(31)59-29/h10,13,16-17,19-20,25,28-30,32-33,35H,6-9,11-12,14-15,18,21-24H2,1-5H3,(H,45,54)(H,46,50)(H,47,51)(H,48,53)/b13-10-/t28-,29-,32+,33+,35+,43-/m1/s1. The average molecular weight is 867 g/mol. The number of alkyl carbamates (subject to hydrolysis) is 1. The van der Waals surface area contributed by atoms with Crippen LogP contribution in [0.4, 0.5) is 4.79 Å². The van der Waals surface area contributed by atoms with E-state index in [4.69, 9.17) is 18.9 Å². The Bertz CT molecular complexity index is 2170. The van der Waals surface area contributed by atoms with Crippen LogP contribution < -0.4 is 30.1 Å². The monoisotopic (exact) mass is 866 g/mol. The third-order valence-corrected chi connectivity index (χ3v) is 14.1. The van der Waals surface area contributed by atoms with Gasteiger partial charge in [0.05, 0.1) is 32.1 Å². The van der Waals surface area contributed by atoms with Crippen molar-refractivity contribution >= 4 is 56.6 Å². The predicted molar refractivity (Wildman–Crippen MR) is 224 cm³/mol. The molecular weight excluding hydrogens is 809 g/mol. The van der Waals surface area contributed by atoms with Gasteiger partial charge in [-0.25, -0.2) is 18.2 Å². The molecule has 332 valence electrons. The number of sulfonamides is 1. The van der Waals surface area contributed by atoms with Crippen LogP contribution in [0.2, 0.25) is 0 Å². The van der Waals surface area contributed by atoms with E-state index in [9.17, 15) is 27.6 Å². The maximum atomic E-state index is 15.1. The van der Waals surface area contributed by atoms with E-state index >= 15 is 4.79 Å². The number of pyridine rings is 1. The molecule has 61 heavy (non-hydrogen) atoms. The normalized spacial score (nSPS) is 28.1. The number of amides is 5. The summed E-state index contributed by atoms with van der Waals surface area (Å²) in [7, 11) is -2.35. The van der Waals surface area contributed by atoms with Gasteiger partial charge in [-0.05, 0) is 88.3 Å². The number of methoxy groups -OCH3 is 1. The molecule has 0 unspecified atom stereocenters. The molecule has 5 aliphatic rings. The second kappa shape index (κ2) is 17.8. The Balaban J connectivity index is 1.26. The molecule has 2 aliphatic heterocycles. The fraction of sp³-hybridized carbons (Fsp3) is 0.628. The lowest BCUT2D eigenvalue weighted by molar-refractivity contribution is -0.144. The quantitative estimate of drug-likeness (QED) is 0.285. The number of nitrogens with one attached hydrogen (secondary N) is 4. The molecule has 4 N–H and O–H groups in total. The summed E-state index contributed by atoms with van der Waals surface area (Å²) in [5.41, 5.74) is -1.66. The molecule has 0 radical (unpaired) electrons. The summed E-state index contributed by atoms with van der Waals surface area (Å²) in [6.45, 7) is 6.69. The van der Waals surface area contributed by atoms with E-state index in [1.165, 1.54) is 4.90 Å². The van der Waals surface area contributed by atoms with Crippen molar-refractivity contribution in [3.63, 3.8) is 0 Å². The zero-order valence-electron chi connectivity index (χ0n) is 35.5. The van der Waals surface area contributed by atoms with Crippen LogP contribution >= 0.6 is 0 Å². The van der Waals surface area contributed by atoms with Gasteiger partial charge in [-0.15, -0.1) is 0 Å². The predicted octanol–water partition coefficient (Wildman–Crippen LogP) is 3.49. The van der Waals surface area contributed by atoms with Crippen LogP contribution in [0, 0.1) is 11.8 Å². The minimum atomic E-state index is -3.91. The largest absolute Gasteiger partial charge is 0.496 e. The molecule has 1 aromatic heterocycles. The molecule has 18 heteroatoms. The lowest BCUT2D eigenvalue weighted by atomic mass is 9.83. The van der Waals surface area contributed by atoms with E-state index in [0.717, 1.165) is 24.6 Å². The van der Waals surface area contributed by atoms with Gasteiger partial charge in [-0.2, -0.15) is 0 Å². The molecule has 0 spiro atoms. The molecule has 1 saturated heterocycles. The molecule has 3 saturated carbocycles. The second-order valence-corrected chi connectivity index (χ2v) is 19.8. The highest BCUT2D eigenvalue weighted by atomic mass is 32.2. The van der Waals surface area contributed by atoms with E-state index in [1.807, 2.05) is 25.1 Å². The Hall–Kier alpha value is -4.97. The number of ether oxygens (including phenoxy) is 4. The summed E-state index contributed by atoms with van der Waals surface area (Å²) in [5.74, 6) is -2.41. The number of nitrogens with zero attached hydrogens (tertiary/aromatic N) is 2. The minimum absolute atomic E-state index is 0.00934. The molecule has 5 amide bonds. The molecule has 4 fully saturated rings. The number of hydrogen-bond donors (Lipinski definition) is 4. The first kappa shape index (κ1) is 44.1. The summed E-state index contributed by atoms with van der Waals surface area (Å²) >= 11 is 0. The molecule has 6 atom stereocenters. The first-order chi connectivity index (χ1) is 29.0. The molecule has 1 aromatic carbocycles. The highest BCUT2D eigenvalue weighted by molar-refractivity contribution is 7.91. The first-order valence-electron chi connectivity index (χ1n) is 21.4. The lowest BCUT2D eigenvalue weighted by Gasteiger charge is -2.35. The Kier molecular flexibility index (Phi) is 12.9. The van der Waals surface area contributed by atoms with Gasteiger partial charge < -0.3 is 39.8 Å². The fourth-order valence-corrected chi connectivity index (χ4v) is 10.1. The second-order valence-electron chi connectivity index (χ2n) is 17.9. The van der Waals surface area contributed by atoms with Gasteiger partial charge in [0.25, 0.3) is 5.91 Å². The summed E-state index contributed by atoms with van der Waals surface area (Å²) in [6, 6.07) is 1.99. The number of carbonyl (C=O) groups excluding carboxylic acids is 5. The molecule has 7 rings (SSSR count). The SMILES string of the molecule is CC[C@@H]1C[C@]1(NC(=O)[C@@H]1C[C@@H]2CN1C(=O)[C@H](C1CCCCC1)NC(=O)[C@@H](NC(=O)OC(C)(C)C)COC/C=C\c1cc3c(nccc3cc1OC)O2)C(=O)NS(=O)(=O)C1CC1. The van der Waals surface area contributed by atoms with Gasteiger partial charge >= 0.3 is 6.09 Å². The topological polar surface area (TPSA) is 221 Å². The molecule has 17 nitrogen and oxygen atoms in total. The maximum absolute atomic E-state index is 15.1. The van der Waals surface area contributed by atoms with Crippen LogP contribution in [-0.2, 0) is 38.7 Å². The Morgan fingerprint density at radius 1 is 1.08 bits per heavy atom. The van der Waals surface area contributed by atoms with Gasteiger partial charge in [-0.1, -0.05) is 44.8 Å². The van der Waals surface area contributed by atoms with Crippen LogP contribution in [0.25, 0.3) is 16.8 Å². The number of rotatable bonds is 9. The van der Waals surface area contributed by atoms with E-state index < -0.39 is 80.4 Å². The fourth-order valence-electron chi connectivity index (χ4n) is 8.76. The van der Waals surface area contributed by atoms with Gasteiger partial charge in [0.2, 0.25) is 33.6 Å². The average Bonchev–Trinajstić information content (AvgIpc) is 4.15. The number of fused-ring (bicyclic) bond motifs is 3. The Labute approximate surface area is 356 Å². The van der Waals surface area contributed by atoms with Crippen molar-refractivity contribution in [3.8, 4) is 11.6 Å². The molecule has 4 bridgehead atoms. The van der Waals surface area contributed by atoms with Crippen molar-refractivity contribution in [2.75, 3.05) is 26.9 Å². The van der Waals surface area contributed by atoms with Crippen LogP contribution in [0.15, 0.2) is 30.5 Å². The lowest BCUT2D eigenvalue weighted by Crippen LogP contribution is -2.61. The summed E-state index contributed by atoms with van der Waals surface area (Å²) in [6.07, 6.45) is 9.10. The van der Waals surface area contributed by atoms with E-state index in [2.05, 4.69) is 25.7 Å². The van der Waals surface area contributed by atoms with Crippen LogP contribution in [0.3, 0.4) is 0 Å². The molecule has 3 heterocycles. The number of carbonyl (C=O) groups is 5. The first-order valence-corrected chi connectivity index (χ1v) is 22.9. The Morgan fingerprint density at radius 3 is 2.51 bits per heavy atom. The van der Waals surface area contributed by atoms with Gasteiger partial charge in [0, 0.05) is 23.6 Å². The molecule has 2 aromatic rings. The van der Waals surface area contributed by atoms with Crippen molar-refractivity contribution in [1.29, 1.82) is 0 Å². The zero-order chi connectivity index (χ0) is 43.7. The zero-order valence-corrected chi connectivity index (χ0v) is 36.3. The van der Waals surface area contributed by atoms with Gasteiger partial charge in [0.1, 0.15) is 41.1 Å². The third kappa shape index (κ3) is 10.1. The number of aromatic nitrogens is 1. The van der Waals surface area contributed by atoms with Crippen molar-refractivity contribution in [2.45, 2.75) is 133 Å². The van der Waals surface area contributed by atoms with Crippen LogP contribution in [0.1, 0.15) is 97.5 Å². The van der Waals surface area contributed by atoms with E-state index in [0.29, 0.717) is 48.8 Å². The van der Waals surface area contributed by atoms with Gasteiger partial charge in [-0.3, -0.25) is 23.9 Å². The van der Waals surface area contributed by atoms with E-state index in [1.54, 1.807) is 46.2 Å². The third-order valence-electron chi connectivity index (χ3n) is 12.2.